The van der Waals surface area contributed by atoms with Crippen LogP contribution in [0.3, 0.4) is 0 Å². The zero-order chi connectivity index (χ0) is 15.0. The molecule has 1 aliphatic heterocycles. The van der Waals surface area contributed by atoms with Gasteiger partial charge in [-0.15, -0.1) is 0 Å². The van der Waals surface area contributed by atoms with Crippen molar-refractivity contribution in [2.45, 2.75) is 26.4 Å². The van der Waals surface area contributed by atoms with Crippen LogP contribution in [-0.2, 0) is 6.42 Å². The Morgan fingerprint density at radius 1 is 1.57 bits per heavy atom. The molecule has 1 aliphatic rings. The van der Waals surface area contributed by atoms with Crippen LogP contribution in [0.2, 0.25) is 0 Å². The Morgan fingerprint density at radius 3 is 3.05 bits per heavy atom. The van der Waals surface area contributed by atoms with Crippen molar-refractivity contribution >= 4 is 5.97 Å². The van der Waals surface area contributed by atoms with Crippen LogP contribution >= 0.6 is 0 Å². The maximum Gasteiger partial charge on any atom is 0.353 e. The van der Waals surface area contributed by atoms with E-state index in [1.54, 1.807) is 0 Å². The van der Waals surface area contributed by atoms with Gasteiger partial charge in [-0.05, 0) is 26.0 Å². The second kappa shape index (κ2) is 5.12. The predicted octanol–water partition coefficient (Wildman–Crippen LogP) is 2.50. The fourth-order valence-electron chi connectivity index (χ4n) is 2.47. The summed E-state index contributed by atoms with van der Waals surface area (Å²) >= 11 is 0. The first-order valence-corrected chi connectivity index (χ1v) is 6.83. The summed E-state index contributed by atoms with van der Waals surface area (Å²) in [6.45, 7) is 4.44. The molecule has 6 heteroatoms. The number of aromatic nitrogens is 2. The van der Waals surface area contributed by atoms with Gasteiger partial charge in [0.1, 0.15) is 29.1 Å². The van der Waals surface area contributed by atoms with Crippen LogP contribution in [0.15, 0.2) is 18.3 Å². The highest BCUT2D eigenvalue weighted by Crippen LogP contribution is 2.39. The Balaban J connectivity index is 2.07. The summed E-state index contributed by atoms with van der Waals surface area (Å²) in [7, 11) is 0. The highest BCUT2D eigenvalue weighted by molar-refractivity contribution is 5.86. The number of benzene rings is 1. The van der Waals surface area contributed by atoms with E-state index in [1.807, 2.05) is 26.0 Å². The normalized spacial score (nSPS) is 16.4. The van der Waals surface area contributed by atoms with Crippen molar-refractivity contribution in [3.05, 3.63) is 29.6 Å². The van der Waals surface area contributed by atoms with Crippen LogP contribution in [0.4, 0.5) is 0 Å². The Hall–Kier alpha value is -2.50. The summed E-state index contributed by atoms with van der Waals surface area (Å²) in [4.78, 5) is 17.9. The number of nitrogens with zero attached hydrogens (tertiary/aromatic N) is 1. The molecule has 0 aliphatic carbocycles. The molecule has 1 aromatic carbocycles. The third kappa shape index (κ3) is 2.44. The standard InChI is InChI=1S/C15H16N2O4/c1-3-20-13-5-9-4-8(2)21-12(9)6-10(13)14-16-7-11(17-14)15(18)19/h5-8H,3-4H2,1-2H3,(H,16,17)(H,18,19). The number of ether oxygens (including phenoxy) is 2. The van der Waals surface area contributed by atoms with Crippen LogP contribution in [0.1, 0.15) is 29.9 Å². The first kappa shape index (κ1) is 13.5. The molecule has 0 spiro atoms. The van der Waals surface area contributed by atoms with E-state index in [-0.39, 0.29) is 11.8 Å². The number of hydrogen-bond acceptors (Lipinski definition) is 4. The van der Waals surface area contributed by atoms with Gasteiger partial charge in [0.25, 0.3) is 0 Å². The Kier molecular flexibility index (Phi) is 3.29. The molecule has 0 saturated heterocycles. The molecule has 6 nitrogen and oxygen atoms in total. The van der Waals surface area contributed by atoms with Gasteiger partial charge in [0.2, 0.25) is 0 Å². The van der Waals surface area contributed by atoms with Gasteiger partial charge < -0.3 is 19.6 Å². The van der Waals surface area contributed by atoms with Crippen LogP contribution in [0, 0.1) is 0 Å². The number of fused-ring (bicyclic) bond motifs is 1. The second-order valence-electron chi connectivity index (χ2n) is 4.97. The maximum atomic E-state index is 11.0. The molecule has 1 atom stereocenters. The third-order valence-corrected chi connectivity index (χ3v) is 3.36. The highest BCUT2D eigenvalue weighted by atomic mass is 16.5. The first-order valence-electron chi connectivity index (χ1n) is 6.83. The minimum atomic E-state index is -1.04. The molecule has 3 rings (SSSR count). The molecular formula is C15H16N2O4. The average molecular weight is 288 g/mol. The van der Waals surface area contributed by atoms with Crippen molar-refractivity contribution in [2.75, 3.05) is 6.61 Å². The lowest BCUT2D eigenvalue weighted by Gasteiger charge is -2.11. The summed E-state index contributed by atoms with van der Waals surface area (Å²) in [6, 6.07) is 3.80. The first-order chi connectivity index (χ1) is 10.1. The fourth-order valence-corrected chi connectivity index (χ4v) is 2.47. The van der Waals surface area contributed by atoms with E-state index in [0.29, 0.717) is 23.7 Å². The van der Waals surface area contributed by atoms with Gasteiger partial charge in [0.05, 0.1) is 18.4 Å². The monoisotopic (exact) mass is 288 g/mol. The molecule has 1 unspecified atom stereocenters. The van der Waals surface area contributed by atoms with Gasteiger partial charge in [-0.1, -0.05) is 0 Å². The summed E-state index contributed by atoms with van der Waals surface area (Å²) in [5, 5.41) is 8.98. The lowest BCUT2D eigenvalue weighted by atomic mass is 10.1. The van der Waals surface area contributed by atoms with Crippen molar-refractivity contribution < 1.29 is 19.4 Å². The van der Waals surface area contributed by atoms with E-state index < -0.39 is 5.97 Å². The zero-order valence-electron chi connectivity index (χ0n) is 11.8. The highest BCUT2D eigenvalue weighted by Gasteiger charge is 2.23. The Morgan fingerprint density at radius 2 is 2.38 bits per heavy atom. The van der Waals surface area contributed by atoms with E-state index in [2.05, 4.69) is 9.97 Å². The fraction of sp³-hybridized carbons (Fsp3) is 0.333. The minimum absolute atomic E-state index is 0.0437. The number of carboxylic acid groups (broad SMARTS) is 1. The zero-order valence-corrected chi connectivity index (χ0v) is 11.8. The molecular weight excluding hydrogens is 272 g/mol. The molecule has 21 heavy (non-hydrogen) atoms. The van der Waals surface area contributed by atoms with E-state index in [9.17, 15) is 4.79 Å². The molecule has 2 heterocycles. The van der Waals surface area contributed by atoms with Crippen molar-refractivity contribution in [1.82, 2.24) is 9.97 Å². The second-order valence-corrected chi connectivity index (χ2v) is 4.97. The molecule has 0 bridgehead atoms. The summed E-state index contributed by atoms with van der Waals surface area (Å²) < 4.78 is 11.4. The molecule has 1 aromatic heterocycles. The van der Waals surface area contributed by atoms with Gasteiger partial charge in [0.15, 0.2) is 0 Å². The van der Waals surface area contributed by atoms with Crippen LogP contribution in [0.25, 0.3) is 11.4 Å². The molecule has 110 valence electrons. The van der Waals surface area contributed by atoms with E-state index in [0.717, 1.165) is 17.7 Å². The number of nitrogens with one attached hydrogen (secondary N) is 1. The predicted molar refractivity (Wildman–Crippen MR) is 75.9 cm³/mol. The van der Waals surface area contributed by atoms with Crippen LogP contribution in [-0.4, -0.2) is 33.8 Å². The molecule has 2 N–H and O–H groups in total. The molecule has 0 radical (unpaired) electrons. The van der Waals surface area contributed by atoms with Gasteiger partial charge in [-0.25, -0.2) is 9.78 Å². The SMILES string of the molecule is CCOc1cc2c(cc1-c1ncc(C(=O)O)[nH]1)OC(C)C2. The summed E-state index contributed by atoms with van der Waals surface area (Å²) in [5.74, 6) is 0.897. The molecule has 0 fully saturated rings. The largest absolute Gasteiger partial charge is 0.493 e. The third-order valence-electron chi connectivity index (χ3n) is 3.36. The quantitative estimate of drug-likeness (QED) is 0.903. The van der Waals surface area contributed by atoms with Crippen molar-refractivity contribution in [1.29, 1.82) is 0 Å². The summed E-state index contributed by atoms with van der Waals surface area (Å²) in [5.41, 5.74) is 1.85. The number of aromatic carboxylic acids is 1. The molecule has 2 aromatic rings. The minimum Gasteiger partial charge on any atom is -0.493 e. The molecule has 0 amide bonds. The number of H-pyrrole nitrogens is 1. The Labute approximate surface area is 121 Å². The smallest absolute Gasteiger partial charge is 0.353 e. The van der Waals surface area contributed by atoms with Gasteiger partial charge in [0, 0.05) is 12.0 Å². The Bertz CT molecular complexity index is 693. The number of rotatable bonds is 4. The van der Waals surface area contributed by atoms with Gasteiger partial charge in [-0.2, -0.15) is 0 Å². The number of carbonyl (C=O) groups is 1. The van der Waals surface area contributed by atoms with E-state index in [1.165, 1.54) is 6.20 Å². The molecule has 0 saturated carbocycles. The van der Waals surface area contributed by atoms with Crippen molar-refractivity contribution in [3.63, 3.8) is 0 Å². The van der Waals surface area contributed by atoms with Gasteiger partial charge >= 0.3 is 5.97 Å². The van der Waals surface area contributed by atoms with Crippen LogP contribution in [0.5, 0.6) is 11.5 Å². The van der Waals surface area contributed by atoms with Crippen molar-refractivity contribution in [3.8, 4) is 22.9 Å². The van der Waals surface area contributed by atoms with Crippen LogP contribution < -0.4 is 9.47 Å². The topological polar surface area (TPSA) is 84.4 Å². The average Bonchev–Trinajstić information content (AvgIpc) is 3.03. The lowest BCUT2D eigenvalue weighted by molar-refractivity contribution is 0.0691. The summed E-state index contributed by atoms with van der Waals surface area (Å²) in [6.07, 6.45) is 2.27. The number of carboxylic acids is 1. The number of hydrogen-bond donors (Lipinski definition) is 2. The lowest BCUT2D eigenvalue weighted by Crippen LogP contribution is -2.05. The van der Waals surface area contributed by atoms with Gasteiger partial charge in [-0.3, -0.25) is 0 Å². The van der Waals surface area contributed by atoms with Crippen molar-refractivity contribution in [2.24, 2.45) is 0 Å². The number of aromatic amines is 1. The maximum absolute atomic E-state index is 11.0. The van der Waals surface area contributed by atoms with E-state index in [4.69, 9.17) is 14.6 Å². The number of imidazole rings is 1. The van der Waals surface area contributed by atoms with E-state index >= 15 is 0 Å².